The quantitative estimate of drug-likeness (QED) is 0.832. The van der Waals surface area contributed by atoms with E-state index >= 15 is 0 Å². The van der Waals surface area contributed by atoms with Crippen molar-refractivity contribution in [3.8, 4) is 9.88 Å². The minimum Gasteiger partial charge on any atom is -0.476 e. The average Bonchev–Trinajstić information content (AvgIpc) is 2.88. The monoisotopic (exact) mass is 294 g/mol. The first-order chi connectivity index (χ1) is 9.15. The molecular formula is C13H14N2O2S2. The SMILES string of the molecule is Nc1sc(-c2cc3c(s2)CCCCC3)nc1C(=O)O. The van der Waals surface area contributed by atoms with Crippen LogP contribution in [0.5, 0.6) is 0 Å². The van der Waals surface area contributed by atoms with Gasteiger partial charge in [0.1, 0.15) is 10.0 Å². The van der Waals surface area contributed by atoms with Gasteiger partial charge in [-0.2, -0.15) is 0 Å². The Bertz CT molecular complexity index is 607. The molecule has 0 aliphatic heterocycles. The number of aromatic carboxylic acids is 1. The van der Waals surface area contributed by atoms with E-state index in [2.05, 4.69) is 11.1 Å². The molecule has 1 aliphatic carbocycles. The number of aromatic nitrogens is 1. The summed E-state index contributed by atoms with van der Waals surface area (Å²) < 4.78 is 0. The van der Waals surface area contributed by atoms with Gasteiger partial charge in [-0.3, -0.25) is 0 Å². The first-order valence-corrected chi connectivity index (χ1v) is 7.90. The lowest BCUT2D eigenvalue weighted by Crippen LogP contribution is -2.00. The Kier molecular flexibility index (Phi) is 3.28. The number of nitrogens with zero attached hydrogens (tertiary/aromatic N) is 1. The highest BCUT2D eigenvalue weighted by Gasteiger charge is 2.19. The van der Waals surface area contributed by atoms with E-state index in [0.717, 1.165) is 22.7 Å². The van der Waals surface area contributed by atoms with Crippen molar-refractivity contribution in [2.75, 3.05) is 5.73 Å². The van der Waals surface area contributed by atoms with Crippen LogP contribution in [0.1, 0.15) is 40.2 Å². The lowest BCUT2D eigenvalue weighted by Gasteiger charge is -1.92. The molecule has 0 atom stereocenters. The summed E-state index contributed by atoms with van der Waals surface area (Å²) in [6.45, 7) is 0. The molecule has 3 N–H and O–H groups in total. The summed E-state index contributed by atoms with van der Waals surface area (Å²) in [7, 11) is 0. The van der Waals surface area contributed by atoms with Gasteiger partial charge in [-0.05, 0) is 37.3 Å². The molecule has 2 aromatic heterocycles. The molecule has 0 fully saturated rings. The molecule has 4 nitrogen and oxygen atoms in total. The van der Waals surface area contributed by atoms with Gasteiger partial charge in [-0.15, -0.1) is 11.3 Å². The van der Waals surface area contributed by atoms with Gasteiger partial charge in [0.05, 0.1) is 4.88 Å². The lowest BCUT2D eigenvalue weighted by atomic mass is 10.1. The van der Waals surface area contributed by atoms with Crippen LogP contribution in [0.3, 0.4) is 0 Å². The van der Waals surface area contributed by atoms with E-state index in [1.807, 2.05) is 0 Å². The van der Waals surface area contributed by atoms with E-state index in [1.165, 1.54) is 41.0 Å². The Morgan fingerprint density at radius 1 is 1.26 bits per heavy atom. The molecule has 0 bridgehead atoms. The average molecular weight is 294 g/mol. The summed E-state index contributed by atoms with van der Waals surface area (Å²) in [5.41, 5.74) is 7.09. The summed E-state index contributed by atoms with van der Waals surface area (Å²) in [6.07, 6.45) is 6.03. The number of fused-ring (bicyclic) bond motifs is 1. The normalized spacial score (nSPS) is 14.9. The Hall–Kier alpha value is -1.40. The Labute approximate surface area is 118 Å². The summed E-state index contributed by atoms with van der Waals surface area (Å²) in [5, 5.41) is 10.0. The Morgan fingerprint density at radius 2 is 2.05 bits per heavy atom. The molecule has 0 saturated carbocycles. The van der Waals surface area contributed by atoms with Gasteiger partial charge in [-0.25, -0.2) is 9.78 Å². The molecule has 0 spiro atoms. The summed E-state index contributed by atoms with van der Waals surface area (Å²) in [5.74, 6) is -1.06. The lowest BCUT2D eigenvalue weighted by molar-refractivity contribution is 0.0692. The van der Waals surface area contributed by atoms with Crippen LogP contribution in [0.15, 0.2) is 6.07 Å². The molecule has 2 aromatic rings. The van der Waals surface area contributed by atoms with Crippen LogP contribution in [0.4, 0.5) is 5.00 Å². The number of thiazole rings is 1. The number of thiophene rings is 1. The molecule has 0 aromatic carbocycles. The van der Waals surface area contributed by atoms with Gasteiger partial charge in [-0.1, -0.05) is 17.8 Å². The van der Waals surface area contributed by atoms with Crippen LogP contribution < -0.4 is 5.73 Å². The molecule has 3 rings (SSSR count). The Morgan fingerprint density at radius 3 is 2.79 bits per heavy atom. The Balaban J connectivity index is 1.98. The number of hydrogen-bond donors (Lipinski definition) is 2. The third-order valence-corrected chi connectivity index (χ3v) is 5.60. The smallest absolute Gasteiger partial charge is 0.357 e. The van der Waals surface area contributed by atoms with Crippen LogP contribution >= 0.6 is 22.7 Å². The van der Waals surface area contributed by atoms with Gasteiger partial charge in [0.15, 0.2) is 5.69 Å². The number of hydrogen-bond acceptors (Lipinski definition) is 5. The second kappa shape index (κ2) is 4.94. The number of nitrogen functional groups attached to an aromatic ring is 1. The van der Waals surface area contributed by atoms with Crippen molar-refractivity contribution >= 4 is 33.6 Å². The van der Waals surface area contributed by atoms with Crippen LogP contribution in [0, 0.1) is 0 Å². The maximum absolute atomic E-state index is 11.0. The highest BCUT2D eigenvalue weighted by molar-refractivity contribution is 7.24. The number of nitrogens with two attached hydrogens (primary N) is 1. The van der Waals surface area contributed by atoms with Crippen molar-refractivity contribution in [1.29, 1.82) is 0 Å². The molecule has 100 valence electrons. The second-order valence-corrected chi connectivity index (χ2v) is 6.82. The van der Waals surface area contributed by atoms with Crippen molar-refractivity contribution in [2.24, 2.45) is 0 Å². The van der Waals surface area contributed by atoms with Gasteiger partial charge in [0.2, 0.25) is 0 Å². The maximum Gasteiger partial charge on any atom is 0.357 e. The number of carbonyl (C=O) groups is 1. The largest absolute Gasteiger partial charge is 0.476 e. The number of anilines is 1. The zero-order valence-corrected chi connectivity index (χ0v) is 11.9. The van der Waals surface area contributed by atoms with Gasteiger partial charge in [0.25, 0.3) is 0 Å². The zero-order chi connectivity index (χ0) is 13.4. The topological polar surface area (TPSA) is 76.2 Å². The zero-order valence-electron chi connectivity index (χ0n) is 10.3. The molecule has 0 amide bonds. The first-order valence-electron chi connectivity index (χ1n) is 6.26. The fraction of sp³-hybridized carbons (Fsp3) is 0.385. The predicted octanol–water partition coefficient (Wildman–Crippen LogP) is 3.42. The van der Waals surface area contributed by atoms with Crippen LogP contribution in [-0.4, -0.2) is 16.1 Å². The predicted molar refractivity (Wildman–Crippen MR) is 78.1 cm³/mol. The number of carboxylic acids is 1. The molecule has 1 aliphatic rings. The summed E-state index contributed by atoms with van der Waals surface area (Å²) in [6, 6.07) is 2.16. The van der Waals surface area contributed by atoms with E-state index in [-0.39, 0.29) is 10.7 Å². The number of rotatable bonds is 2. The fourth-order valence-electron chi connectivity index (χ4n) is 2.36. The van der Waals surface area contributed by atoms with Crippen LogP contribution in [-0.2, 0) is 12.8 Å². The highest BCUT2D eigenvalue weighted by atomic mass is 32.1. The number of aryl methyl sites for hydroxylation is 2. The van der Waals surface area contributed by atoms with Crippen LogP contribution in [0.2, 0.25) is 0 Å². The third kappa shape index (κ3) is 2.37. The molecule has 0 radical (unpaired) electrons. The van der Waals surface area contributed by atoms with E-state index in [1.54, 1.807) is 11.3 Å². The van der Waals surface area contributed by atoms with Crippen molar-refractivity contribution in [3.05, 3.63) is 22.2 Å². The van der Waals surface area contributed by atoms with Gasteiger partial charge in [0, 0.05) is 4.88 Å². The summed E-state index contributed by atoms with van der Waals surface area (Å²) >= 11 is 3.00. The molecular weight excluding hydrogens is 280 g/mol. The second-order valence-electron chi connectivity index (χ2n) is 4.66. The van der Waals surface area contributed by atoms with Crippen molar-refractivity contribution < 1.29 is 9.90 Å². The molecule has 19 heavy (non-hydrogen) atoms. The van der Waals surface area contributed by atoms with Gasteiger partial charge < -0.3 is 10.8 Å². The fourth-order valence-corrected chi connectivity index (χ4v) is 4.49. The summed E-state index contributed by atoms with van der Waals surface area (Å²) in [4.78, 5) is 17.6. The molecule has 2 heterocycles. The third-order valence-electron chi connectivity index (χ3n) is 3.31. The van der Waals surface area contributed by atoms with Crippen LogP contribution in [0.25, 0.3) is 9.88 Å². The standard InChI is InChI=1S/C13H14N2O2S2/c14-11-10(13(16)17)15-12(19-11)9-6-7-4-2-1-3-5-8(7)18-9/h6H,1-5,14H2,(H,16,17). The van der Waals surface area contributed by atoms with E-state index in [0.29, 0.717) is 0 Å². The minimum atomic E-state index is -1.06. The molecule has 0 saturated heterocycles. The molecule has 0 unspecified atom stereocenters. The van der Waals surface area contributed by atoms with Gasteiger partial charge >= 0.3 is 5.97 Å². The molecule has 6 heteroatoms. The number of carboxylic acid groups (broad SMARTS) is 1. The van der Waals surface area contributed by atoms with E-state index in [4.69, 9.17) is 10.8 Å². The van der Waals surface area contributed by atoms with E-state index in [9.17, 15) is 4.79 Å². The van der Waals surface area contributed by atoms with Crippen molar-refractivity contribution in [2.45, 2.75) is 32.1 Å². The van der Waals surface area contributed by atoms with Crippen molar-refractivity contribution in [3.63, 3.8) is 0 Å². The highest BCUT2D eigenvalue weighted by Crippen LogP contribution is 2.38. The maximum atomic E-state index is 11.0. The van der Waals surface area contributed by atoms with E-state index < -0.39 is 5.97 Å². The minimum absolute atomic E-state index is 0.0244. The first kappa shape index (κ1) is 12.6. The van der Waals surface area contributed by atoms with Crippen molar-refractivity contribution in [1.82, 2.24) is 4.98 Å².